The molecule has 0 aromatic carbocycles. The third kappa shape index (κ3) is 3.18. The number of hydrogen-bond acceptors (Lipinski definition) is 3. The van der Waals surface area contributed by atoms with Crippen LogP contribution in [0.1, 0.15) is 6.42 Å². The van der Waals surface area contributed by atoms with Gasteiger partial charge in [0.1, 0.15) is 0 Å². The van der Waals surface area contributed by atoms with Crippen molar-refractivity contribution < 1.29 is 12.7 Å². The van der Waals surface area contributed by atoms with Crippen molar-refractivity contribution in [1.82, 2.24) is 0 Å². The van der Waals surface area contributed by atoms with E-state index in [0.717, 1.165) is 18.8 Å². The molecule has 0 aromatic heterocycles. The zero-order valence-electron chi connectivity index (χ0n) is 5.20. The fourth-order valence-electron chi connectivity index (χ4n) is 0.738. The van der Waals surface area contributed by atoms with E-state index in [0.29, 0.717) is 0 Å². The van der Waals surface area contributed by atoms with Gasteiger partial charge in [-0.2, -0.15) is 14.6 Å². The Bertz CT molecular complexity index is 117. The summed E-state index contributed by atoms with van der Waals surface area (Å²) in [5, 5.41) is 0. The molecule has 1 heterocycles. The monoisotopic (exact) mass is 192 g/mol. The topological polar surface area (TPSA) is 35.5 Å². The van der Waals surface area contributed by atoms with E-state index < -0.39 is 10.6 Å². The Balaban J connectivity index is 0.000000810. The molecule has 0 saturated carbocycles. The van der Waals surface area contributed by atoms with Crippen LogP contribution in [-0.4, -0.2) is 48.2 Å². The van der Waals surface area contributed by atoms with Crippen LogP contribution in [0.15, 0.2) is 0 Å². The fourth-order valence-corrected chi connectivity index (χ4v) is 2.95. The molecule has 1 aliphatic rings. The zero-order chi connectivity index (χ0) is 6.74. The molecule has 1 fully saturated rings. The number of rotatable bonds is 2. The van der Waals surface area contributed by atoms with Crippen molar-refractivity contribution in [3.63, 3.8) is 0 Å². The Kier molecular flexibility index (Phi) is 5.79. The summed E-state index contributed by atoms with van der Waals surface area (Å²) in [6.45, 7) is 0.751. The van der Waals surface area contributed by atoms with Crippen LogP contribution in [0, 0.1) is 0 Å². The van der Waals surface area contributed by atoms with Gasteiger partial charge in [-0.1, -0.05) is 0 Å². The van der Waals surface area contributed by atoms with Gasteiger partial charge in [0.2, 0.25) is 0 Å². The van der Waals surface area contributed by atoms with Gasteiger partial charge in [0, 0.05) is 12.0 Å². The standard InChI is InChI=1S/C4H9O3PS.Na.H/c1-9(7-8-5)4-2-3-6-9;;/h2-4H2,1H3;;. The van der Waals surface area contributed by atoms with Crippen molar-refractivity contribution in [2.75, 3.05) is 18.6 Å². The van der Waals surface area contributed by atoms with Crippen molar-refractivity contribution in [3.8, 4) is 0 Å². The molecule has 0 aromatic rings. The van der Waals surface area contributed by atoms with Gasteiger partial charge in [0.25, 0.3) is 0 Å². The van der Waals surface area contributed by atoms with Crippen LogP contribution >= 0.6 is 19.3 Å². The third-order valence-electron chi connectivity index (χ3n) is 1.18. The minimum atomic E-state index is -1.38. The van der Waals surface area contributed by atoms with Gasteiger partial charge >= 0.3 is 38.2 Å². The summed E-state index contributed by atoms with van der Waals surface area (Å²) in [5.74, 6) is 0.919. The van der Waals surface area contributed by atoms with Crippen LogP contribution in [0.2, 0.25) is 0 Å². The summed E-state index contributed by atoms with van der Waals surface area (Å²) < 4.78 is 20.1. The average molecular weight is 192 g/mol. The first-order valence-corrected chi connectivity index (χ1v) is 5.47. The molecule has 0 spiro atoms. The van der Waals surface area contributed by atoms with E-state index in [1.165, 1.54) is 0 Å². The Morgan fingerprint density at radius 2 is 2.40 bits per heavy atom. The molecule has 0 N–H and O–H groups in total. The van der Waals surface area contributed by atoms with Gasteiger partial charge in [-0.25, -0.2) is 4.57 Å². The Morgan fingerprint density at radius 1 is 1.70 bits per heavy atom. The van der Waals surface area contributed by atoms with E-state index in [9.17, 15) is 4.57 Å². The first-order valence-electron chi connectivity index (χ1n) is 2.68. The average Bonchev–Trinajstić information content (AvgIpc) is 2.16. The second-order valence-corrected chi connectivity index (χ2v) is 5.20. The van der Waals surface area contributed by atoms with Gasteiger partial charge in [0.15, 0.2) is 0 Å². The van der Waals surface area contributed by atoms with Gasteiger partial charge in [-0.05, 0) is 6.42 Å². The Morgan fingerprint density at radius 3 is 2.80 bits per heavy atom. The van der Waals surface area contributed by atoms with E-state index in [1.807, 2.05) is 6.26 Å². The molecule has 0 aliphatic carbocycles. The molecular weight excluding hydrogens is 182 g/mol. The molecule has 1 rings (SSSR count). The van der Waals surface area contributed by atoms with Crippen molar-refractivity contribution >= 4 is 48.8 Å². The summed E-state index contributed by atoms with van der Waals surface area (Å²) >= 11 is 0. The molecule has 56 valence electrons. The molecule has 0 amide bonds. The van der Waals surface area contributed by atoms with Crippen LogP contribution in [0.4, 0.5) is 0 Å². The van der Waals surface area contributed by atoms with E-state index in [4.69, 9.17) is 8.15 Å². The molecule has 1 atom stereocenters. The summed E-state index contributed by atoms with van der Waals surface area (Å²) in [6, 6.07) is 0. The molecule has 1 aliphatic heterocycles. The van der Waals surface area contributed by atoms with Crippen molar-refractivity contribution in [1.29, 1.82) is 0 Å². The zero-order valence-corrected chi connectivity index (χ0v) is 6.91. The van der Waals surface area contributed by atoms with E-state index in [1.54, 1.807) is 0 Å². The predicted molar refractivity (Wildman–Crippen MR) is 44.8 cm³/mol. The molecule has 1 saturated heterocycles. The van der Waals surface area contributed by atoms with Crippen LogP contribution in [-0.2, 0) is 12.7 Å². The van der Waals surface area contributed by atoms with Gasteiger partial charge in [0.05, 0.1) is 6.61 Å². The first-order chi connectivity index (χ1) is 4.27. The van der Waals surface area contributed by atoms with Crippen molar-refractivity contribution in [2.24, 2.45) is 0 Å². The molecule has 0 radical (unpaired) electrons. The van der Waals surface area contributed by atoms with Gasteiger partial charge in [-0.3, -0.25) is 4.18 Å². The molecule has 10 heavy (non-hydrogen) atoms. The summed E-state index contributed by atoms with van der Waals surface area (Å²) in [6.07, 6.45) is 2.91. The maximum absolute atomic E-state index is 9.98. The number of hydrogen-bond donors (Lipinski definition) is 0. The quantitative estimate of drug-likeness (QED) is 0.488. The summed E-state index contributed by atoms with van der Waals surface area (Å²) in [4.78, 5) is 0. The Labute approximate surface area is 86.2 Å². The van der Waals surface area contributed by atoms with Crippen LogP contribution in [0.3, 0.4) is 0 Å². The molecule has 3 nitrogen and oxygen atoms in total. The summed E-state index contributed by atoms with van der Waals surface area (Å²) in [5.41, 5.74) is 0. The second-order valence-electron chi connectivity index (χ2n) is 1.95. The molecule has 0 bridgehead atoms. The van der Waals surface area contributed by atoms with Gasteiger partial charge in [-0.15, -0.1) is 0 Å². The van der Waals surface area contributed by atoms with E-state index in [-0.39, 0.29) is 38.2 Å². The predicted octanol–water partition coefficient (Wildman–Crippen LogP) is 1.25. The summed E-state index contributed by atoms with van der Waals surface area (Å²) in [7, 11) is -1.64. The fraction of sp³-hybridized carbons (Fsp3) is 1.00. The SMILES string of the molecule is CS1(OP=O)CCCO1.[NaH]. The third-order valence-corrected chi connectivity index (χ3v) is 4.38. The van der Waals surface area contributed by atoms with Gasteiger partial charge < -0.3 is 0 Å². The van der Waals surface area contributed by atoms with Crippen molar-refractivity contribution in [2.45, 2.75) is 6.42 Å². The van der Waals surface area contributed by atoms with E-state index in [2.05, 4.69) is 0 Å². The second kappa shape index (κ2) is 5.09. The van der Waals surface area contributed by atoms with Crippen LogP contribution in [0.5, 0.6) is 0 Å². The maximum atomic E-state index is 9.98. The first kappa shape index (κ1) is 11.4. The molecular formula is C4H10NaO3PS. The molecule has 1 unspecified atom stereocenters. The molecule has 6 heteroatoms. The van der Waals surface area contributed by atoms with E-state index >= 15 is 0 Å². The Hall–Kier alpha value is 1.37. The van der Waals surface area contributed by atoms with Crippen LogP contribution in [0.25, 0.3) is 0 Å². The van der Waals surface area contributed by atoms with Crippen molar-refractivity contribution in [3.05, 3.63) is 0 Å². The minimum absolute atomic E-state index is 0. The van der Waals surface area contributed by atoms with Crippen LogP contribution < -0.4 is 0 Å². The normalized spacial score (nSPS) is 38.5.